The lowest BCUT2D eigenvalue weighted by Gasteiger charge is -2.10. The average Bonchev–Trinajstić information content (AvgIpc) is 2.89. The predicted molar refractivity (Wildman–Crippen MR) is 85.2 cm³/mol. The Morgan fingerprint density at radius 1 is 1.25 bits per heavy atom. The SMILES string of the molecule is CN=C(NCCc1ccccn1)NCc1ccc(C)s1. The van der Waals surface area contributed by atoms with E-state index in [1.807, 2.05) is 24.4 Å². The van der Waals surface area contributed by atoms with E-state index >= 15 is 0 Å². The van der Waals surface area contributed by atoms with Crippen LogP contribution in [0.1, 0.15) is 15.4 Å². The lowest BCUT2D eigenvalue weighted by molar-refractivity contribution is 0.788. The molecule has 0 aliphatic heterocycles. The quantitative estimate of drug-likeness (QED) is 0.656. The number of pyridine rings is 1. The third kappa shape index (κ3) is 4.66. The van der Waals surface area contributed by atoms with Crippen LogP contribution in [-0.4, -0.2) is 24.5 Å². The van der Waals surface area contributed by atoms with Crippen molar-refractivity contribution in [3.63, 3.8) is 0 Å². The fourth-order valence-corrected chi connectivity index (χ4v) is 2.66. The molecule has 2 aromatic rings. The van der Waals surface area contributed by atoms with Crippen molar-refractivity contribution in [3.8, 4) is 0 Å². The normalized spacial score (nSPS) is 11.4. The molecule has 0 aliphatic carbocycles. The first-order valence-corrected chi connectivity index (χ1v) is 7.49. The fourth-order valence-electron chi connectivity index (χ4n) is 1.83. The van der Waals surface area contributed by atoms with Crippen molar-refractivity contribution < 1.29 is 0 Å². The summed E-state index contributed by atoms with van der Waals surface area (Å²) in [5, 5.41) is 6.61. The van der Waals surface area contributed by atoms with Gasteiger partial charge in [0.25, 0.3) is 0 Å². The van der Waals surface area contributed by atoms with Gasteiger partial charge in [-0.3, -0.25) is 9.98 Å². The van der Waals surface area contributed by atoms with Crippen LogP contribution in [0.15, 0.2) is 41.5 Å². The van der Waals surface area contributed by atoms with Crippen LogP contribution < -0.4 is 10.6 Å². The number of hydrogen-bond donors (Lipinski definition) is 2. The van der Waals surface area contributed by atoms with Crippen molar-refractivity contribution in [1.29, 1.82) is 0 Å². The molecule has 20 heavy (non-hydrogen) atoms. The Morgan fingerprint density at radius 2 is 2.15 bits per heavy atom. The lowest BCUT2D eigenvalue weighted by atomic mass is 10.3. The highest BCUT2D eigenvalue weighted by molar-refractivity contribution is 7.11. The zero-order valence-electron chi connectivity index (χ0n) is 11.9. The molecule has 0 bridgehead atoms. The molecule has 4 nitrogen and oxygen atoms in total. The Bertz CT molecular complexity index is 548. The number of nitrogens with one attached hydrogen (secondary N) is 2. The highest BCUT2D eigenvalue weighted by Gasteiger charge is 2.00. The number of nitrogens with zero attached hydrogens (tertiary/aromatic N) is 2. The van der Waals surface area contributed by atoms with Crippen LogP contribution in [0, 0.1) is 6.92 Å². The first-order valence-electron chi connectivity index (χ1n) is 6.67. The van der Waals surface area contributed by atoms with Crippen molar-refractivity contribution in [3.05, 3.63) is 52.0 Å². The summed E-state index contributed by atoms with van der Waals surface area (Å²) in [6.07, 6.45) is 2.71. The van der Waals surface area contributed by atoms with Gasteiger partial charge < -0.3 is 10.6 Å². The van der Waals surface area contributed by atoms with Crippen molar-refractivity contribution >= 4 is 17.3 Å². The van der Waals surface area contributed by atoms with E-state index in [1.165, 1.54) is 9.75 Å². The molecule has 0 atom stereocenters. The smallest absolute Gasteiger partial charge is 0.191 e. The van der Waals surface area contributed by atoms with E-state index in [0.29, 0.717) is 0 Å². The summed E-state index contributed by atoms with van der Waals surface area (Å²) in [5.41, 5.74) is 1.09. The lowest BCUT2D eigenvalue weighted by Crippen LogP contribution is -2.37. The summed E-state index contributed by atoms with van der Waals surface area (Å²) in [6.45, 7) is 3.75. The molecule has 0 aliphatic rings. The summed E-state index contributed by atoms with van der Waals surface area (Å²) in [7, 11) is 1.79. The predicted octanol–water partition coefficient (Wildman–Crippen LogP) is 2.36. The van der Waals surface area contributed by atoms with E-state index in [4.69, 9.17) is 0 Å². The van der Waals surface area contributed by atoms with Crippen molar-refractivity contribution in [2.45, 2.75) is 19.9 Å². The summed E-state index contributed by atoms with van der Waals surface area (Å²) in [6, 6.07) is 10.3. The second-order valence-corrected chi connectivity index (χ2v) is 5.81. The minimum atomic E-state index is 0.807. The molecule has 2 heterocycles. The second-order valence-electron chi connectivity index (χ2n) is 4.44. The van der Waals surface area contributed by atoms with Crippen LogP contribution in [0.5, 0.6) is 0 Å². The molecular weight excluding hydrogens is 268 g/mol. The second kappa shape index (κ2) is 7.65. The van der Waals surface area contributed by atoms with E-state index in [0.717, 1.165) is 31.2 Å². The van der Waals surface area contributed by atoms with E-state index in [1.54, 1.807) is 18.4 Å². The van der Waals surface area contributed by atoms with Crippen molar-refractivity contribution in [2.75, 3.05) is 13.6 Å². The van der Waals surface area contributed by atoms with Gasteiger partial charge >= 0.3 is 0 Å². The molecule has 0 saturated heterocycles. The Balaban J connectivity index is 1.73. The molecule has 0 spiro atoms. The number of aliphatic imine (C=N–C) groups is 1. The van der Waals surface area contributed by atoms with Crippen LogP contribution >= 0.6 is 11.3 Å². The van der Waals surface area contributed by atoms with Gasteiger partial charge in [0.05, 0.1) is 6.54 Å². The van der Waals surface area contributed by atoms with Gasteiger partial charge in [0.15, 0.2) is 5.96 Å². The molecule has 106 valence electrons. The average molecular weight is 288 g/mol. The summed E-state index contributed by atoms with van der Waals surface area (Å²) < 4.78 is 0. The standard InChI is InChI=1S/C15H20N4S/c1-12-6-7-14(20-12)11-19-15(16-2)18-10-8-13-5-3-4-9-17-13/h3-7,9H,8,10-11H2,1-2H3,(H2,16,18,19). The number of guanidine groups is 1. The molecule has 0 fully saturated rings. The molecule has 0 radical (unpaired) electrons. The van der Waals surface area contributed by atoms with Gasteiger partial charge in [-0.15, -0.1) is 11.3 Å². The maximum atomic E-state index is 4.30. The molecule has 2 N–H and O–H groups in total. The Labute approximate surface area is 124 Å². The number of hydrogen-bond acceptors (Lipinski definition) is 3. The van der Waals surface area contributed by atoms with Gasteiger partial charge in [0.2, 0.25) is 0 Å². The number of aryl methyl sites for hydroxylation is 1. The highest BCUT2D eigenvalue weighted by atomic mass is 32.1. The van der Waals surface area contributed by atoms with E-state index in [-0.39, 0.29) is 0 Å². The molecule has 0 amide bonds. The minimum Gasteiger partial charge on any atom is -0.356 e. The van der Waals surface area contributed by atoms with E-state index in [2.05, 4.69) is 39.7 Å². The summed E-state index contributed by atoms with van der Waals surface area (Å²) >= 11 is 1.81. The van der Waals surface area contributed by atoms with Gasteiger partial charge in [0, 0.05) is 41.7 Å². The Kier molecular flexibility index (Phi) is 5.55. The minimum absolute atomic E-state index is 0.807. The molecule has 5 heteroatoms. The van der Waals surface area contributed by atoms with Crippen LogP contribution in [0.4, 0.5) is 0 Å². The van der Waals surface area contributed by atoms with Crippen molar-refractivity contribution in [2.24, 2.45) is 4.99 Å². The first kappa shape index (κ1) is 14.5. The maximum absolute atomic E-state index is 4.30. The summed E-state index contributed by atoms with van der Waals surface area (Å²) in [5.74, 6) is 0.826. The third-order valence-electron chi connectivity index (χ3n) is 2.85. The molecule has 2 aromatic heterocycles. The van der Waals surface area contributed by atoms with Gasteiger partial charge in [-0.25, -0.2) is 0 Å². The molecule has 2 rings (SSSR count). The van der Waals surface area contributed by atoms with Crippen LogP contribution in [-0.2, 0) is 13.0 Å². The summed E-state index contributed by atoms with van der Waals surface area (Å²) in [4.78, 5) is 11.2. The van der Waals surface area contributed by atoms with E-state index < -0.39 is 0 Å². The van der Waals surface area contributed by atoms with Crippen molar-refractivity contribution in [1.82, 2.24) is 15.6 Å². The number of aromatic nitrogens is 1. The largest absolute Gasteiger partial charge is 0.356 e. The zero-order valence-corrected chi connectivity index (χ0v) is 12.7. The first-order chi connectivity index (χ1) is 9.78. The number of thiophene rings is 1. The third-order valence-corrected chi connectivity index (χ3v) is 3.85. The van der Waals surface area contributed by atoms with Gasteiger partial charge in [-0.1, -0.05) is 6.07 Å². The Hall–Kier alpha value is -1.88. The molecule has 0 aromatic carbocycles. The highest BCUT2D eigenvalue weighted by Crippen LogP contribution is 2.14. The fraction of sp³-hybridized carbons (Fsp3) is 0.333. The van der Waals surface area contributed by atoms with Gasteiger partial charge in [0.1, 0.15) is 0 Å². The van der Waals surface area contributed by atoms with Gasteiger partial charge in [-0.05, 0) is 31.2 Å². The monoisotopic (exact) mass is 288 g/mol. The number of rotatable bonds is 5. The Morgan fingerprint density at radius 3 is 2.80 bits per heavy atom. The van der Waals surface area contributed by atoms with Crippen LogP contribution in [0.2, 0.25) is 0 Å². The zero-order chi connectivity index (χ0) is 14.2. The van der Waals surface area contributed by atoms with E-state index in [9.17, 15) is 0 Å². The van der Waals surface area contributed by atoms with Crippen LogP contribution in [0.3, 0.4) is 0 Å². The van der Waals surface area contributed by atoms with Crippen LogP contribution in [0.25, 0.3) is 0 Å². The molecular formula is C15H20N4S. The maximum Gasteiger partial charge on any atom is 0.191 e. The molecule has 0 saturated carbocycles. The topological polar surface area (TPSA) is 49.3 Å². The van der Waals surface area contributed by atoms with Gasteiger partial charge in [-0.2, -0.15) is 0 Å². The molecule has 0 unspecified atom stereocenters.